The van der Waals surface area contributed by atoms with Gasteiger partial charge in [-0.05, 0) is 64.4 Å². The van der Waals surface area contributed by atoms with Crippen LogP contribution in [0.1, 0.15) is 38.8 Å². The second-order valence-electron chi connectivity index (χ2n) is 8.06. The van der Waals surface area contributed by atoms with Gasteiger partial charge in [-0.15, -0.1) is 0 Å². The molecule has 0 saturated carbocycles. The monoisotopic (exact) mass is 413 g/mol. The molecule has 0 aliphatic carbocycles. The van der Waals surface area contributed by atoms with Crippen molar-refractivity contribution in [3.05, 3.63) is 63.7 Å². The molecule has 1 atom stereocenters. The van der Waals surface area contributed by atoms with Crippen LogP contribution in [0.4, 0.5) is 4.39 Å². The normalized spacial score (nSPS) is 13.7. The van der Waals surface area contributed by atoms with Crippen LogP contribution in [-0.2, 0) is 18.4 Å². The van der Waals surface area contributed by atoms with Crippen molar-refractivity contribution in [2.24, 2.45) is 11.4 Å². The highest BCUT2D eigenvalue weighted by molar-refractivity contribution is 7.91. The van der Waals surface area contributed by atoms with Gasteiger partial charge >= 0.3 is 0 Å². The molecule has 3 aromatic rings. The first-order valence-corrected chi connectivity index (χ1v) is 10.3. The Bertz CT molecular complexity index is 1180. The van der Waals surface area contributed by atoms with E-state index in [4.69, 9.17) is 4.98 Å². The van der Waals surface area contributed by atoms with Gasteiger partial charge in [0.15, 0.2) is 0 Å². The third-order valence-electron chi connectivity index (χ3n) is 4.54. The van der Waals surface area contributed by atoms with E-state index in [0.29, 0.717) is 33.6 Å². The molecule has 0 fully saturated rings. The van der Waals surface area contributed by atoms with Crippen molar-refractivity contribution >= 4 is 28.0 Å². The maximum atomic E-state index is 13.7. The second-order valence-corrected chi connectivity index (χ2v) is 9.96. The summed E-state index contributed by atoms with van der Waals surface area (Å²) in [5, 5.41) is 0.443. The van der Waals surface area contributed by atoms with Crippen LogP contribution in [0.15, 0.2) is 45.6 Å². The van der Waals surface area contributed by atoms with E-state index in [-0.39, 0.29) is 5.56 Å². The van der Waals surface area contributed by atoms with Gasteiger partial charge in [0.1, 0.15) is 27.8 Å². The van der Waals surface area contributed by atoms with Crippen LogP contribution in [0.3, 0.4) is 0 Å². The van der Waals surface area contributed by atoms with Gasteiger partial charge in [-0.1, -0.05) is 16.5 Å². The molecule has 1 unspecified atom stereocenters. The molecule has 0 saturated heterocycles. The maximum absolute atomic E-state index is 13.7. The van der Waals surface area contributed by atoms with E-state index in [9.17, 15) is 13.7 Å². The van der Waals surface area contributed by atoms with Crippen LogP contribution in [0.5, 0.6) is 0 Å². The van der Waals surface area contributed by atoms with Gasteiger partial charge in [0.05, 0.1) is 16.6 Å². The van der Waals surface area contributed by atoms with E-state index in [2.05, 4.69) is 4.40 Å². The Morgan fingerprint density at radius 1 is 1.24 bits per heavy atom. The lowest BCUT2D eigenvalue weighted by molar-refractivity contribution is 0.561. The Kier molecular flexibility index (Phi) is 5.65. The smallest absolute Gasteiger partial charge is 0.261 e. The lowest BCUT2D eigenvalue weighted by Gasteiger charge is -2.19. The van der Waals surface area contributed by atoms with Crippen molar-refractivity contribution < 1.29 is 8.94 Å². The summed E-state index contributed by atoms with van der Waals surface area (Å²) in [6.45, 7) is 9.20. The molecule has 0 aliphatic rings. The van der Waals surface area contributed by atoms with Gasteiger partial charge in [-0.2, -0.15) is 0 Å². The van der Waals surface area contributed by atoms with Gasteiger partial charge in [0.25, 0.3) is 5.56 Å². The zero-order chi connectivity index (χ0) is 21.5. The minimum Gasteiger partial charge on any atom is -0.591 e. The van der Waals surface area contributed by atoms with Gasteiger partial charge in [-0.25, -0.2) is 9.37 Å². The number of nitrogens with zero attached hydrogens (tertiary/aromatic N) is 3. The van der Waals surface area contributed by atoms with Crippen LogP contribution in [0.25, 0.3) is 22.3 Å². The van der Waals surface area contributed by atoms with Gasteiger partial charge < -0.3 is 4.55 Å². The molecule has 0 N–H and O–H groups in total. The first kappa shape index (κ1) is 21.2. The average Bonchev–Trinajstić information content (AvgIpc) is 2.63. The number of benzene rings is 2. The first-order valence-electron chi connectivity index (χ1n) is 9.24. The third kappa shape index (κ3) is 4.26. The molecule has 29 heavy (non-hydrogen) atoms. The molecule has 2 aromatic carbocycles. The Morgan fingerprint density at radius 2 is 1.93 bits per heavy atom. The lowest BCUT2D eigenvalue weighted by Crippen LogP contribution is -2.27. The predicted molar refractivity (Wildman–Crippen MR) is 117 cm³/mol. The van der Waals surface area contributed by atoms with Crippen LogP contribution < -0.4 is 5.56 Å². The number of halogens is 1. The number of fused-ring (bicyclic) bond motifs is 1. The van der Waals surface area contributed by atoms with E-state index >= 15 is 0 Å². The molecule has 0 spiro atoms. The SMILES string of the molecule is CC(=N[S+]([O-])C(C)(C)C)c1cc(C)cc2c(=O)n(C)c(-c3cccc(F)c3)nc12. The molecular formula is C22H24FN3O2S. The molecule has 7 heteroatoms. The molecule has 1 aromatic heterocycles. The molecule has 0 aliphatic heterocycles. The molecule has 0 amide bonds. The zero-order valence-corrected chi connectivity index (χ0v) is 18.2. The summed E-state index contributed by atoms with van der Waals surface area (Å²) in [6, 6.07) is 9.63. The van der Waals surface area contributed by atoms with Crippen molar-refractivity contribution in [2.45, 2.75) is 39.4 Å². The molecule has 3 rings (SSSR count). The molecule has 5 nitrogen and oxygen atoms in total. The summed E-state index contributed by atoms with van der Waals surface area (Å²) >= 11 is -1.44. The number of aromatic nitrogens is 2. The second kappa shape index (κ2) is 7.72. The van der Waals surface area contributed by atoms with Crippen LogP contribution in [-0.4, -0.2) is 24.6 Å². The fraction of sp³-hybridized carbons (Fsp3) is 0.318. The van der Waals surface area contributed by atoms with E-state index in [1.807, 2.05) is 33.8 Å². The summed E-state index contributed by atoms with van der Waals surface area (Å²) in [5.74, 6) is -0.0452. The standard InChI is InChI=1S/C22H24FN3O2S/c1-13-10-17(14(2)25-29(28)22(3,4)5)19-18(11-13)21(27)26(6)20(24-19)15-8-7-9-16(23)12-15/h7-12H,1-6H3. The quantitative estimate of drug-likeness (QED) is 0.474. The lowest BCUT2D eigenvalue weighted by atomic mass is 10.0. The van der Waals surface area contributed by atoms with E-state index < -0.39 is 21.9 Å². The van der Waals surface area contributed by atoms with Crippen molar-refractivity contribution in [3.63, 3.8) is 0 Å². The van der Waals surface area contributed by atoms with Crippen molar-refractivity contribution in [1.82, 2.24) is 9.55 Å². The summed E-state index contributed by atoms with van der Waals surface area (Å²) in [7, 11) is 1.62. The van der Waals surface area contributed by atoms with E-state index in [1.54, 1.807) is 32.2 Å². The number of hydrogen-bond acceptors (Lipinski definition) is 4. The van der Waals surface area contributed by atoms with Gasteiger partial charge in [0, 0.05) is 18.2 Å². The van der Waals surface area contributed by atoms with Crippen LogP contribution in [0, 0.1) is 12.7 Å². The summed E-state index contributed by atoms with van der Waals surface area (Å²) in [5.41, 5.74) is 2.80. The fourth-order valence-electron chi connectivity index (χ4n) is 2.99. The van der Waals surface area contributed by atoms with Crippen molar-refractivity contribution in [2.75, 3.05) is 0 Å². The Morgan fingerprint density at radius 3 is 2.55 bits per heavy atom. The molecule has 0 radical (unpaired) electrons. The first-order chi connectivity index (χ1) is 13.5. The summed E-state index contributed by atoms with van der Waals surface area (Å²) < 4.78 is 31.5. The van der Waals surface area contributed by atoms with Crippen LogP contribution >= 0.6 is 0 Å². The van der Waals surface area contributed by atoms with Crippen LogP contribution in [0.2, 0.25) is 0 Å². The van der Waals surface area contributed by atoms with E-state index in [1.165, 1.54) is 16.7 Å². The number of rotatable bonds is 3. The molecular weight excluding hydrogens is 389 g/mol. The minimum absolute atomic E-state index is 0.232. The number of aryl methyl sites for hydroxylation is 1. The average molecular weight is 414 g/mol. The Balaban J connectivity index is 2.32. The van der Waals surface area contributed by atoms with Gasteiger partial charge in [-0.3, -0.25) is 9.36 Å². The molecule has 0 bridgehead atoms. The highest BCUT2D eigenvalue weighted by Gasteiger charge is 2.27. The highest BCUT2D eigenvalue weighted by Crippen LogP contribution is 2.24. The topological polar surface area (TPSA) is 70.3 Å². The minimum atomic E-state index is -1.44. The molecule has 1 heterocycles. The molecule has 152 valence electrons. The maximum Gasteiger partial charge on any atom is 0.261 e. The predicted octanol–water partition coefficient (Wildman–Crippen LogP) is 4.32. The highest BCUT2D eigenvalue weighted by atomic mass is 32.2. The summed E-state index contributed by atoms with van der Waals surface area (Å²) in [4.78, 5) is 17.7. The summed E-state index contributed by atoms with van der Waals surface area (Å²) in [6.07, 6.45) is 0. The van der Waals surface area contributed by atoms with Crippen molar-refractivity contribution in [1.29, 1.82) is 0 Å². The van der Waals surface area contributed by atoms with Gasteiger partial charge in [0.2, 0.25) is 0 Å². The van der Waals surface area contributed by atoms with Crippen molar-refractivity contribution in [3.8, 4) is 11.4 Å². The van der Waals surface area contributed by atoms with E-state index in [0.717, 1.165) is 5.56 Å². The Labute approximate surface area is 172 Å². The third-order valence-corrected chi connectivity index (χ3v) is 6.03. The Hall–Kier alpha value is -2.51. The largest absolute Gasteiger partial charge is 0.591 e. The fourth-order valence-corrected chi connectivity index (χ4v) is 3.61. The zero-order valence-electron chi connectivity index (χ0n) is 17.4. The number of hydrogen-bond donors (Lipinski definition) is 0.